The summed E-state index contributed by atoms with van der Waals surface area (Å²) >= 11 is 6.65. The molecule has 9 rings (SSSR count). The maximum absolute atomic E-state index is 15.1. The second-order valence-electron chi connectivity index (χ2n) is 17.3. The van der Waals surface area contributed by atoms with Crippen LogP contribution in [0.15, 0.2) is 97.1 Å². The van der Waals surface area contributed by atoms with Crippen molar-refractivity contribution < 1.29 is 28.7 Å². The molecule has 6 aliphatic rings. The van der Waals surface area contributed by atoms with Crippen LogP contribution in [0.3, 0.4) is 0 Å². The van der Waals surface area contributed by atoms with Crippen molar-refractivity contribution in [3.05, 3.63) is 119 Å². The molecule has 7 atom stereocenters. The molecule has 0 N–H and O–H groups in total. The molecule has 5 aliphatic heterocycles. The van der Waals surface area contributed by atoms with E-state index in [0.29, 0.717) is 56.8 Å². The van der Waals surface area contributed by atoms with Crippen LogP contribution in [0.5, 0.6) is 0 Å². The van der Waals surface area contributed by atoms with Crippen LogP contribution in [0.25, 0.3) is 11.1 Å². The molecule has 60 heavy (non-hydrogen) atoms. The van der Waals surface area contributed by atoms with Gasteiger partial charge in [-0.15, -0.1) is 0 Å². The Morgan fingerprint density at radius 2 is 1.58 bits per heavy atom. The van der Waals surface area contributed by atoms with Gasteiger partial charge in [-0.05, 0) is 85.8 Å². The van der Waals surface area contributed by atoms with E-state index in [9.17, 15) is 14.4 Å². The maximum atomic E-state index is 15.1. The third-order valence-electron chi connectivity index (χ3n) is 14.2. The van der Waals surface area contributed by atoms with E-state index in [0.717, 1.165) is 34.2 Å². The van der Waals surface area contributed by atoms with E-state index < -0.39 is 29.5 Å². The number of amides is 4. The Morgan fingerprint density at radius 3 is 2.30 bits per heavy atom. The Labute approximate surface area is 357 Å². The zero-order valence-electron chi connectivity index (χ0n) is 34.4. The van der Waals surface area contributed by atoms with Crippen molar-refractivity contribution in [1.82, 2.24) is 19.6 Å². The lowest BCUT2D eigenvalue weighted by molar-refractivity contribution is -0.158. The topological polar surface area (TPSA) is 108 Å². The molecule has 4 amide bonds. The van der Waals surface area contributed by atoms with Crippen LogP contribution in [0, 0.1) is 11.8 Å². The highest BCUT2D eigenvalue weighted by atomic mass is 35.5. The summed E-state index contributed by atoms with van der Waals surface area (Å²) in [4.78, 5) is 79.6. The van der Waals surface area contributed by atoms with Gasteiger partial charge < -0.3 is 24.3 Å². The van der Waals surface area contributed by atoms with Crippen LogP contribution in [0.4, 0.5) is 0 Å². The number of hydrogen-bond donors (Lipinski definition) is 0. The summed E-state index contributed by atoms with van der Waals surface area (Å²) in [6, 6.07) is 22.0. The van der Waals surface area contributed by atoms with Crippen LogP contribution < -0.4 is 0 Å². The van der Waals surface area contributed by atoms with Gasteiger partial charge in [-0.2, -0.15) is 0 Å². The van der Waals surface area contributed by atoms with E-state index in [1.165, 1.54) is 0 Å². The zero-order chi connectivity index (χ0) is 41.7. The second-order valence-corrected chi connectivity index (χ2v) is 17.7. The molecule has 0 aromatic heterocycles. The van der Waals surface area contributed by atoms with Crippen LogP contribution in [-0.2, 0) is 35.1 Å². The Morgan fingerprint density at radius 1 is 0.867 bits per heavy atom. The smallest absolute Gasteiger partial charge is 0.306 e. The minimum atomic E-state index is -1.29. The Hall–Kier alpha value is -5.22. The molecule has 1 spiro atoms. The first kappa shape index (κ1) is 40.2. The van der Waals surface area contributed by atoms with Gasteiger partial charge in [0.05, 0.1) is 18.4 Å². The van der Waals surface area contributed by atoms with E-state index in [-0.39, 0.29) is 67.0 Å². The van der Waals surface area contributed by atoms with Crippen LogP contribution >= 0.6 is 11.6 Å². The molecular formula is C49H53ClN4O6. The van der Waals surface area contributed by atoms with Crippen LogP contribution in [0.1, 0.15) is 81.4 Å². The Kier molecular flexibility index (Phi) is 10.9. The average molecular weight is 829 g/mol. The molecule has 3 aromatic rings. The minimum Gasteiger partial charge on any atom is -0.465 e. The van der Waals surface area contributed by atoms with Gasteiger partial charge in [0.25, 0.3) is 5.91 Å². The number of fused-ring (bicyclic) bond motifs is 5. The molecular weight excluding hydrogens is 776 g/mol. The first-order valence-electron chi connectivity index (χ1n) is 21.8. The minimum absolute atomic E-state index is 0.00800. The lowest BCUT2D eigenvalue weighted by atomic mass is 9.86. The first-order valence-corrected chi connectivity index (χ1v) is 22.2. The number of likely N-dealkylation sites (tertiary alicyclic amines) is 2. The number of carbonyl (C=O) groups is 5. The fourth-order valence-electron chi connectivity index (χ4n) is 11.2. The summed E-state index contributed by atoms with van der Waals surface area (Å²) in [5, 5.41) is 0.493. The van der Waals surface area contributed by atoms with E-state index >= 15 is 9.59 Å². The quantitative estimate of drug-likeness (QED) is 0.162. The summed E-state index contributed by atoms with van der Waals surface area (Å²) in [6.45, 7) is 5.51. The molecule has 5 heterocycles. The molecule has 312 valence electrons. The second kappa shape index (κ2) is 16.3. The van der Waals surface area contributed by atoms with Crippen molar-refractivity contribution in [3.8, 4) is 11.1 Å². The van der Waals surface area contributed by atoms with Crippen molar-refractivity contribution in [2.75, 3.05) is 26.2 Å². The molecule has 0 unspecified atom stereocenters. The number of hydrogen-bond acceptors (Lipinski definition) is 6. The Bertz CT molecular complexity index is 2230. The summed E-state index contributed by atoms with van der Waals surface area (Å²) in [5.74, 6) is -2.35. The molecule has 3 aromatic carbocycles. The van der Waals surface area contributed by atoms with Crippen LogP contribution in [-0.4, -0.2) is 105 Å². The van der Waals surface area contributed by atoms with E-state index in [2.05, 4.69) is 43.3 Å². The highest BCUT2D eigenvalue weighted by Gasteiger charge is 2.58. The molecule has 3 saturated heterocycles. The Balaban J connectivity index is 0.951. The van der Waals surface area contributed by atoms with Crippen LogP contribution in [0.2, 0.25) is 5.02 Å². The molecule has 1 aliphatic carbocycles. The largest absolute Gasteiger partial charge is 0.465 e. The van der Waals surface area contributed by atoms with E-state index in [4.69, 9.17) is 16.3 Å². The SMILES string of the molecule is CC[C@@H]1C=C[C@H]2CCN(C(=O)[C@@H]3CC[C@H]4C=C[C@]5(CCCN5C(=O)[C@@H](CC(=O)OCC5c6ccccc6-c6ccccc65)Cc5ccccc5Cl)C(=O)N43)[C@@H]2C(=O)N1CC. The van der Waals surface area contributed by atoms with Gasteiger partial charge in [-0.25, -0.2) is 0 Å². The lowest BCUT2D eigenvalue weighted by Gasteiger charge is -2.45. The number of carbonyl (C=O) groups excluding carboxylic acids is 5. The highest BCUT2D eigenvalue weighted by molar-refractivity contribution is 6.31. The van der Waals surface area contributed by atoms with Crippen molar-refractivity contribution in [1.29, 1.82) is 0 Å². The van der Waals surface area contributed by atoms with E-state index in [1.807, 2.05) is 66.4 Å². The van der Waals surface area contributed by atoms with Gasteiger partial charge in [0, 0.05) is 42.5 Å². The third kappa shape index (κ3) is 6.75. The maximum Gasteiger partial charge on any atom is 0.306 e. The van der Waals surface area contributed by atoms with Gasteiger partial charge in [0.1, 0.15) is 24.2 Å². The predicted octanol–water partition coefficient (Wildman–Crippen LogP) is 6.95. The van der Waals surface area contributed by atoms with Gasteiger partial charge in [-0.1, -0.05) is 110 Å². The van der Waals surface area contributed by atoms with Gasteiger partial charge >= 0.3 is 5.97 Å². The first-order chi connectivity index (χ1) is 29.1. The number of nitrogens with zero attached hydrogens (tertiary/aromatic N) is 4. The predicted molar refractivity (Wildman–Crippen MR) is 229 cm³/mol. The van der Waals surface area contributed by atoms with Gasteiger partial charge in [0.15, 0.2) is 0 Å². The number of benzene rings is 3. The van der Waals surface area contributed by atoms with Crippen molar-refractivity contribution in [2.24, 2.45) is 11.8 Å². The number of esters is 1. The molecule has 0 saturated carbocycles. The van der Waals surface area contributed by atoms with Crippen molar-refractivity contribution >= 4 is 41.2 Å². The fraction of sp³-hybridized carbons (Fsp3) is 0.449. The highest BCUT2D eigenvalue weighted by Crippen LogP contribution is 2.46. The van der Waals surface area contributed by atoms with Crippen molar-refractivity contribution in [3.63, 3.8) is 0 Å². The standard InChI is InChI=1S/C49H53ClN4O6/c1-3-34-19-18-31-23-27-52(44(31)47(58)51(34)4-2)46(57)42-21-20-35-22-25-49(48(59)54(35)42)24-11-26-53(49)45(56)33(28-32-12-5-10-17-41(32)50)29-43(55)60-30-40-38-15-8-6-13-36(38)37-14-7-9-16-39(37)40/h5-10,12-19,22,25,31,33-35,40,42,44H,3-4,11,20-21,23-24,26-30H2,1-2H3/t31-,33+,34+,35-,42-,44-,49+/m0/s1. The molecule has 10 nitrogen and oxygen atoms in total. The zero-order valence-corrected chi connectivity index (χ0v) is 35.1. The van der Waals surface area contributed by atoms with Crippen molar-refractivity contribution in [2.45, 2.75) is 101 Å². The summed E-state index contributed by atoms with van der Waals surface area (Å²) < 4.78 is 6.03. The monoisotopic (exact) mass is 828 g/mol. The van der Waals surface area contributed by atoms with E-state index in [1.54, 1.807) is 20.8 Å². The number of ether oxygens (including phenoxy) is 1. The summed E-state index contributed by atoms with van der Waals surface area (Å²) in [6.07, 6.45) is 11.7. The van der Waals surface area contributed by atoms with Gasteiger partial charge in [0.2, 0.25) is 17.7 Å². The number of rotatable bonds is 10. The number of halogens is 1. The molecule has 11 heteroatoms. The molecule has 0 radical (unpaired) electrons. The molecule has 0 bridgehead atoms. The third-order valence-corrected chi connectivity index (χ3v) is 14.5. The van der Waals surface area contributed by atoms with Gasteiger partial charge in [-0.3, -0.25) is 24.0 Å². The summed E-state index contributed by atoms with van der Waals surface area (Å²) in [5.41, 5.74) is 3.89. The fourth-order valence-corrected chi connectivity index (χ4v) is 11.4. The molecule has 3 fully saturated rings. The lowest BCUT2D eigenvalue weighted by Crippen LogP contribution is -2.64. The average Bonchev–Trinajstić information content (AvgIpc) is 4.05. The normalized spacial score (nSPS) is 27.2. The summed E-state index contributed by atoms with van der Waals surface area (Å²) in [7, 11) is 0. The number of likely N-dealkylation sites (N-methyl/N-ethyl adjacent to an activating group) is 1.